The summed E-state index contributed by atoms with van der Waals surface area (Å²) in [6.45, 7) is 5.57. The highest BCUT2D eigenvalue weighted by Crippen LogP contribution is 2.24. The van der Waals surface area contributed by atoms with Crippen molar-refractivity contribution in [1.82, 2.24) is 20.1 Å². The van der Waals surface area contributed by atoms with Crippen LogP contribution in [0.1, 0.15) is 93.3 Å². The number of likely N-dealkylation sites (tertiary alicyclic amines) is 2. The summed E-state index contributed by atoms with van der Waals surface area (Å²) < 4.78 is 21.9. The van der Waals surface area contributed by atoms with Crippen LogP contribution in [0, 0.1) is 11.3 Å². The van der Waals surface area contributed by atoms with Gasteiger partial charge in [0, 0.05) is 62.2 Å². The predicted octanol–water partition coefficient (Wildman–Crippen LogP) is 4.49. The molecule has 0 saturated carbocycles. The van der Waals surface area contributed by atoms with Crippen LogP contribution in [0.15, 0.2) is 66.9 Å². The molecule has 2 amide bonds. The Morgan fingerprint density at radius 2 is 1.45 bits per heavy atom. The van der Waals surface area contributed by atoms with E-state index in [-0.39, 0.29) is 41.0 Å². The molecule has 10 nitrogen and oxygen atoms in total. The van der Waals surface area contributed by atoms with Crippen molar-refractivity contribution >= 4 is 34.0 Å². The molecule has 0 radical (unpaired) electrons. The van der Waals surface area contributed by atoms with Crippen LogP contribution in [0.4, 0.5) is 0 Å². The third kappa shape index (κ3) is 9.20. The lowest BCUT2D eigenvalue weighted by Gasteiger charge is -2.32. The lowest BCUT2D eigenvalue weighted by Crippen LogP contribution is -2.44. The molecule has 0 bridgehead atoms. The van der Waals surface area contributed by atoms with Gasteiger partial charge in [0.1, 0.15) is 16.4 Å². The molecule has 2 aromatic carbocycles. The number of nitrogens with one attached hydrogen (secondary N) is 2. The molecule has 0 atom stereocenters. The third-order valence-corrected chi connectivity index (χ3v) is 9.70. The Morgan fingerprint density at radius 1 is 0.830 bits per heavy atom. The fourth-order valence-electron chi connectivity index (χ4n) is 6.30. The van der Waals surface area contributed by atoms with Gasteiger partial charge in [-0.15, -0.1) is 0 Å². The second-order valence-electron chi connectivity index (χ2n) is 12.5. The fourth-order valence-corrected chi connectivity index (χ4v) is 6.81. The highest BCUT2D eigenvalue weighted by atomic mass is 32.2. The third-order valence-electron chi connectivity index (χ3n) is 9.08. The van der Waals surface area contributed by atoms with Gasteiger partial charge in [-0.25, -0.2) is 8.42 Å². The number of ketones is 1. The highest BCUT2D eigenvalue weighted by Gasteiger charge is 2.29. The zero-order chi connectivity index (χ0) is 33.3. The van der Waals surface area contributed by atoms with E-state index in [0.29, 0.717) is 48.3 Å². The van der Waals surface area contributed by atoms with Crippen molar-refractivity contribution in [2.24, 2.45) is 5.92 Å². The number of thiol groups is 1. The average Bonchev–Trinajstić information content (AvgIpc) is 3.09. The summed E-state index contributed by atoms with van der Waals surface area (Å²) in [6.07, 6.45) is 5.98. The monoisotopic (exact) mass is 657 g/mol. The molecular weight excluding hydrogens is 614 g/mol. The molecule has 3 aromatic rings. The van der Waals surface area contributed by atoms with Crippen LogP contribution in [0.2, 0.25) is 0 Å². The molecule has 3 heterocycles. The number of rotatable bonds is 12. The van der Waals surface area contributed by atoms with Crippen LogP contribution in [0.3, 0.4) is 0 Å². The van der Waals surface area contributed by atoms with Gasteiger partial charge in [-0.1, -0.05) is 61.9 Å². The Hall–Kier alpha value is -4.22. The quantitative estimate of drug-likeness (QED) is 0.148. The van der Waals surface area contributed by atoms with Crippen LogP contribution in [-0.2, 0) is 23.0 Å². The zero-order valence-corrected chi connectivity index (χ0v) is 27.7. The largest absolute Gasteiger partial charge is 0.348 e. The van der Waals surface area contributed by atoms with E-state index >= 15 is 0 Å². The molecule has 2 saturated heterocycles. The molecule has 2 fully saturated rings. The minimum absolute atomic E-state index is 0.00754. The van der Waals surface area contributed by atoms with Gasteiger partial charge in [0.25, 0.3) is 11.8 Å². The average molecular weight is 658 g/mol. The number of piperidine rings is 2. The first-order valence-corrected chi connectivity index (χ1v) is 17.8. The van der Waals surface area contributed by atoms with E-state index in [4.69, 9.17) is 5.41 Å². The molecule has 0 aliphatic carbocycles. The molecule has 1 aromatic heterocycles. The van der Waals surface area contributed by atoms with Crippen molar-refractivity contribution in [2.75, 3.05) is 26.2 Å². The van der Waals surface area contributed by atoms with E-state index in [1.807, 2.05) is 12.1 Å². The number of hydrogen-bond donors (Lipinski definition) is 3. The zero-order valence-electron chi connectivity index (χ0n) is 26.8. The first-order chi connectivity index (χ1) is 22.7. The molecule has 248 valence electrons. The smallest absolute Gasteiger partial charge is 0.270 e. The number of pyridine rings is 1. The van der Waals surface area contributed by atoms with Gasteiger partial charge in [0.05, 0.1) is 11.3 Å². The second kappa shape index (κ2) is 16.1. The lowest BCUT2D eigenvalue weighted by atomic mass is 9.88. The summed E-state index contributed by atoms with van der Waals surface area (Å²) in [5, 5.41) is 11.2. The summed E-state index contributed by atoms with van der Waals surface area (Å²) >= 11 is 0. The first kappa shape index (κ1) is 34.1. The molecular formula is C36H43N5O5S. The van der Waals surface area contributed by atoms with Crippen LogP contribution in [0.5, 0.6) is 0 Å². The number of Topliss-reactive ketones (excluding diaryl/α,β-unsaturated/α-hetero) is 1. The van der Waals surface area contributed by atoms with Gasteiger partial charge < -0.3 is 15.6 Å². The van der Waals surface area contributed by atoms with E-state index < -0.39 is 10.7 Å². The number of amides is 2. The Morgan fingerprint density at radius 3 is 2.04 bits per heavy atom. The van der Waals surface area contributed by atoms with Crippen LogP contribution < -0.4 is 5.32 Å². The number of benzene rings is 2. The van der Waals surface area contributed by atoms with Crippen molar-refractivity contribution in [3.63, 3.8) is 0 Å². The lowest BCUT2D eigenvalue weighted by molar-refractivity contribution is 0.0649. The van der Waals surface area contributed by atoms with E-state index in [0.717, 1.165) is 50.9 Å². The number of nitrogens with zero attached hydrogens (tertiary/aromatic N) is 3. The maximum atomic E-state index is 13.1. The predicted molar refractivity (Wildman–Crippen MR) is 182 cm³/mol. The SMILES string of the molecule is CCCC(=N)c1ccc(CN2CCC(NC(=O)c3ccc(C(=O)N4CCC(C(=O)c5ccc(C[SH](=O)=O)cc5)CC4)cn3)CC2)cc1. The summed E-state index contributed by atoms with van der Waals surface area (Å²) in [5.41, 5.74) is 4.76. The Bertz CT molecular complexity index is 1630. The maximum Gasteiger partial charge on any atom is 0.270 e. The van der Waals surface area contributed by atoms with E-state index in [1.54, 1.807) is 41.3 Å². The van der Waals surface area contributed by atoms with Crippen molar-refractivity contribution in [3.05, 3.63) is 100 Å². The number of carbonyl (C=O) groups excluding carboxylic acids is 3. The molecule has 0 spiro atoms. The van der Waals surface area contributed by atoms with Crippen molar-refractivity contribution in [3.8, 4) is 0 Å². The molecule has 5 rings (SSSR count). The van der Waals surface area contributed by atoms with Gasteiger partial charge >= 0.3 is 0 Å². The molecule has 2 aliphatic heterocycles. The van der Waals surface area contributed by atoms with E-state index in [9.17, 15) is 22.8 Å². The highest BCUT2D eigenvalue weighted by molar-refractivity contribution is 7.71. The normalized spacial score (nSPS) is 16.3. The summed E-state index contributed by atoms with van der Waals surface area (Å²) in [5.74, 6) is -0.660. The van der Waals surface area contributed by atoms with Crippen molar-refractivity contribution in [1.29, 1.82) is 5.41 Å². The van der Waals surface area contributed by atoms with Crippen LogP contribution in [-0.4, -0.2) is 78.7 Å². The summed E-state index contributed by atoms with van der Waals surface area (Å²) in [7, 11) is -2.52. The van der Waals surface area contributed by atoms with Crippen LogP contribution >= 0.6 is 0 Å². The molecule has 11 heteroatoms. The number of aromatic nitrogens is 1. The fraction of sp³-hybridized carbons (Fsp3) is 0.417. The Kier molecular flexibility index (Phi) is 11.7. The summed E-state index contributed by atoms with van der Waals surface area (Å²) in [4.78, 5) is 47.4. The van der Waals surface area contributed by atoms with Gasteiger partial charge in [0.2, 0.25) is 0 Å². The standard InChI is InChI=1S/C36H43N5O5S/c1-2-3-32(37)27-8-4-25(5-9-27)23-40-18-16-31(17-19-40)39-35(43)33-13-12-30(22-38-33)36(44)41-20-14-29(15-21-41)34(42)28-10-6-26(7-11-28)24-47(45)46/h4-13,22,29,31,37,47H,2-3,14-21,23-24H2,1H3,(H,39,43). The van der Waals surface area contributed by atoms with Gasteiger partial charge in [0.15, 0.2) is 5.78 Å². The molecule has 2 N–H and O–H groups in total. The molecule has 0 unspecified atom stereocenters. The van der Waals surface area contributed by atoms with E-state index in [2.05, 4.69) is 34.3 Å². The Labute approximate surface area is 278 Å². The number of hydrogen-bond acceptors (Lipinski definition) is 8. The van der Waals surface area contributed by atoms with Crippen molar-refractivity contribution < 1.29 is 22.8 Å². The van der Waals surface area contributed by atoms with Crippen LogP contribution in [0.25, 0.3) is 0 Å². The first-order valence-electron chi connectivity index (χ1n) is 16.4. The van der Waals surface area contributed by atoms with Gasteiger partial charge in [-0.05, 0) is 60.9 Å². The van der Waals surface area contributed by atoms with E-state index in [1.165, 1.54) is 11.8 Å². The van der Waals surface area contributed by atoms with Gasteiger partial charge in [-0.3, -0.25) is 24.3 Å². The molecule has 47 heavy (non-hydrogen) atoms. The molecule has 2 aliphatic rings. The topological polar surface area (TPSA) is 141 Å². The van der Waals surface area contributed by atoms with Gasteiger partial charge in [-0.2, -0.15) is 0 Å². The minimum atomic E-state index is -2.52. The number of carbonyl (C=O) groups is 3. The van der Waals surface area contributed by atoms with Crippen molar-refractivity contribution in [2.45, 2.75) is 63.8 Å². The second-order valence-corrected chi connectivity index (χ2v) is 13.5. The Balaban J connectivity index is 1.04. The minimum Gasteiger partial charge on any atom is -0.348 e. The maximum absolute atomic E-state index is 13.1. The summed E-state index contributed by atoms with van der Waals surface area (Å²) in [6, 6.07) is 18.2.